The van der Waals surface area contributed by atoms with Gasteiger partial charge in [0.2, 0.25) is 5.91 Å². The van der Waals surface area contributed by atoms with E-state index >= 15 is 0 Å². The third-order valence-corrected chi connectivity index (χ3v) is 7.19. The number of benzene rings is 1. The number of hydrogen-bond acceptors (Lipinski definition) is 5. The maximum absolute atomic E-state index is 13.3. The summed E-state index contributed by atoms with van der Waals surface area (Å²) in [5.41, 5.74) is 1.53. The highest BCUT2D eigenvalue weighted by atomic mass is 32.1. The fourth-order valence-corrected chi connectivity index (χ4v) is 5.51. The number of nitrogens with zero attached hydrogens (tertiary/aromatic N) is 3. The number of aryl methyl sites for hydroxylation is 3. The molecule has 0 bridgehead atoms. The topological polar surface area (TPSA) is 82.6 Å². The number of carbonyl (C=O) groups is 3. The first kappa shape index (κ1) is 20.5. The second-order valence-corrected chi connectivity index (χ2v) is 9.59. The second kappa shape index (κ2) is 7.50. The fraction of sp³-hybridized carbons (Fsp3) is 0.455. The normalized spacial score (nSPS) is 23.1. The highest BCUT2D eigenvalue weighted by molar-refractivity contribution is 7.13. The molecule has 30 heavy (non-hydrogen) atoms. The predicted octanol–water partition coefficient (Wildman–Crippen LogP) is 2.04. The van der Waals surface area contributed by atoms with Crippen molar-refractivity contribution in [3.63, 3.8) is 0 Å². The molecule has 158 valence electrons. The molecule has 1 saturated heterocycles. The van der Waals surface area contributed by atoms with Crippen LogP contribution in [-0.4, -0.2) is 65.2 Å². The van der Waals surface area contributed by atoms with E-state index in [0.717, 1.165) is 10.6 Å². The Hall–Kier alpha value is -2.74. The third kappa shape index (κ3) is 3.39. The SMILES string of the molecule is Cc1nc(C)c(C(=O)N2C[C@H](C(=O)N(C)C)[C@]3(CCc4ccccc4C(=O)N3)C2)s1. The minimum atomic E-state index is -0.791. The number of aromatic nitrogens is 1. The van der Waals surface area contributed by atoms with Gasteiger partial charge in [-0.05, 0) is 38.3 Å². The van der Waals surface area contributed by atoms with Crippen LogP contribution in [0.3, 0.4) is 0 Å². The lowest BCUT2D eigenvalue weighted by molar-refractivity contribution is -0.134. The van der Waals surface area contributed by atoms with E-state index in [9.17, 15) is 14.4 Å². The number of carbonyl (C=O) groups excluding carboxylic acids is 3. The van der Waals surface area contributed by atoms with Crippen molar-refractivity contribution < 1.29 is 14.4 Å². The summed E-state index contributed by atoms with van der Waals surface area (Å²) in [5, 5.41) is 4.00. The minimum absolute atomic E-state index is 0.0752. The first-order chi connectivity index (χ1) is 14.2. The summed E-state index contributed by atoms with van der Waals surface area (Å²) < 4.78 is 0. The van der Waals surface area contributed by atoms with Gasteiger partial charge in [-0.1, -0.05) is 18.2 Å². The van der Waals surface area contributed by atoms with Crippen molar-refractivity contribution in [2.45, 2.75) is 32.2 Å². The molecule has 2 atom stereocenters. The molecule has 1 fully saturated rings. The van der Waals surface area contributed by atoms with Gasteiger partial charge in [-0.2, -0.15) is 0 Å². The maximum atomic E-state index is 13.3. The fourth-order valence-electron chi connectivity index (χ4n) is 4.62. The van der Waals surface area contributed by atoms with Crippen LogP contribution in [0.15, 0.2) is 24.3 Å². The van der Waals surface area contributed by atoms with Crippen LogP contribution in [0, 0.1) is 19.8 Å². The van der Waals surface area contributed by atoms with Gasteiger partial charge in [-0.25, -0.2) is 4.98 Å². The molecule has 2 aliphatic rings. The van der Waals surface area contributed by atoms with Crippen molar-refractivity contribution in [1.29, 1.82) is 0 Å². The van der Waals surface area contributed by atoms with Crippen LogP contribution in [0.4, 0.5) is 0 Å². The predicted molar refractivity (Wildman–Crippen MR) is 115 cm³/mol. The number of likely N-dealkylation sites (tertiary alicyclic amines) is 1. The van der Waals surface area contributed by atoms with Crippen molar-refractivity contribution >= 4 is 29.1 Å². The summed E-state index contributed by atoms with van der Waals surface area (Å²) in [6.45, 7) is 4.30. The zero-order chi connectivity index (χ0) is 21.6. The highest BCUT2D eigenvalue weighted by Crippen LogP contribution is 2.37. The Morgan fingerprint density at radius 1 is 1.27 bits per heavy atom. The lowest BCUT2D eigenvalue weighted by atomic mass is 9.81. The van der Waals surface area contributed by atoms with Crippen LogP contribution < -0.4 is 5.32 Å². The van der Waals surface area contributed by atoms with Crippen LogP contribution in [-0.2, 0) is 11.2 Å². The van der Waals surface area contributed by atoms with Crippen molar-refractivity contribution in [3.05, 3.63) is 51.0 Å². The summed E-state index contributed by atoms with van der Waals surface area (Å²) in [6.07, 6.45) is 1.28. The molecule has 4 rings (SSSR count). The van der Waals surface area contributed by atoms with E-state index in [4.69, 9.17) is 0 Å². The molecule has 2 aliphatic heterocycles. The summed E-state index contributed by atoms with van der Waals surface area (Å²) in [4.78, 5) is 47.7. The summed E-state index contributed by atoms with van der Waals surface area (Å²) in [7, 11) is 3.43. The number of nitrogens with one attached hydrogen (secondary N) is 1. The van der Waals surface area contributed by atoms with Crippen LogP contribution in [0.5, 0.6) is 0 Å². The van der Waals surface area contributed by atoms with E-state index < -0.39 is 11.5 Å². The van der Waals surface area contributed by atoms with Crippen molar-refractivity contribution in [1.82, 2.24) is 20.1 Å². The van der Waals surface area contributed by atoms with Gasteiger partial charge in [0.05, 0.1) is 22.2 Å². The van der Waals surface area contributed by atoms with Gasteiger partial charge in [0, 0.05) is 32.7 Å². The lowest BCUT2D eigenvalue weighted by Crippen LogP contribution is -2.57. The molecular weight excluding hydrogens is 400 g/mol. The van der Waals surface area contributed by atoms with Crippen LogP contribution in [0.25, 0.3) is 0 Å². The molecule has 1 N–H and O–H groups in total. The average molecular weight is 427 g/mol. The van der Waals surface area contributed by atoms with Crippen LogP contribution in [0.2, 0.25) is 0 Å². The van der Waals surface area contributed by atoms with Crippen molar-refractivity contribution in [2.24, 2.45) is 5.92 Å². The number of hydrogen-bond donors (Lipinski definition) is 1. The van der Waals surface area contributed by atoms with E-state index in [-0.39, 0.29) is 24.3 Å². The second-order valence-electron chi connectivity index (χ2n) is 8.39. The molecule has 1 aromatic heterocycles. The van der Waals surface area contributed by atoms with E-state index in [1.165, 1.54) is 11.3 Å². The summed E-state index contributed by atoms with van der Waals surface area (Å²) in [5.74, 6) is -0.876. The van der Waals surface area contributed by atoms with Gasteiger partial charge < -0.3 is 15.1 Å². The number of thiazole rings is 1. The molecular formula is C22H26N4O3S. The smallest absolute Gasteiger partial charge is 0.265 e. The number of amides is 3. The van der Waals surface area contributed by atoms with Crippen LogP contribution >= 0.6 is 11.3 Å². The Kier molecular flexibility index (Phi) is 5.13. The zero-order valence-electron chi connectivity index (χ0n) is 17.7. The number of rotatable bonds is 2. The Morgan fingerprint density at radius 3 is 2.67 bits per heavy atom. The van der Waals surface area contributed by atoms with E-state index in [2.05, 4.69) is 10.3 Å². The molecule has 8 heteroatoms. The quantitative estimate of drug-likeness (QED) is 0.797. The van der Waals surface area contributed by atoms with Gasteiger partial charge in [0.15, 0.2) is 0 Å². The Bertz CT molecular complexity index is 1030. The molecule has 3 amide bonds. The summed E-state index contributed by atoms with van der Waals surface area (Å²) >= 11 is 1.37. The maximum Gasteiger partial charge on any atom is 0.265 e. The van der Waals surface area contributed by atoms with Gasteiger partial charge in [-0.15, -0.1) is 11.3 Å². The van der Waals surface area contributed by atoms with Crippen molar-refractivity contribution in [3.8, 4) is 0 Å². The average Bonchev–Trinajstić information content (AvgIpc) is 3.20. The van der Waals surface area contributed by atoms with Gasteiger partial charge >= 0.3 is 0 Å². The lowest BCUT2D eigenvalue weighted by Gasteiger charge is -2.34. The zero-order valence-corrected chi connectivity index (χ0v) is 18.5. The monoisotopic (exact) mass is 426 g/mol. The molecule has 7 nitrogen and oxygen atoms in total. The molecule has 3 heterocycles. The first-order valence-electron chi connectivity index (χ1n) is 10.1. The van der Waals surface area contributed by atoms with E-state index in [1.54, 1.807) is 23.9 Å². The first-order valence-corrected chi connectivity index (χ1v) is 10.9. The molecule has 0 unspecified atom stereocenters. The molecule has 1 aromatic carbocycles. The molecule has 0 radical (unpaired) electrons. The minimum Gasteiger partial charge on any atom is -0.348 e. The van der Waals surface area contributed by atoms with Crippen molar-refractivity contribution in [2.75, 3.05) is 27.2 Å². The number of fused-ring (bicyclic) bond motifs is 1. The van der Waals surface area contributed by atoms with Crippen LogP contribution in [0.1, 0.15) is 42.7 Å². The van der Waals surface area contributed by atoms with E-state index in [0.29, 0.717) is 35.5 Å². The Labute approximate surface area is 180 Å². The molecule has 0 aliphatic carbocycles. The summed E-state index contributed by atoms with van der Waals surface area (Å²) in [6, 6.07) is 7.54. The standard InChI is InChI=1S/C22H26N4O3S/c1-13-18(30-14(2)23-13)21(29)26-11-17(20(28)25(3)4)22(12-26)10-9-15-7-5-6-8-16(15)19(27)24-22/h5-8,17H,9-12H2,1-4H3,(H,24,27)/t17-,22+/m1/s1. The molecule has 0 saturated carbocycles. The van der Waals surface area contributed by atoms with Gasteiger partial charge in [0.1, 0.15) is 4.88 Å². The Balaban J connectivity index is 1.70. The molecule has 2 aromatic rings. The third-order valence-electron chi connectivity index (χ3n) is 6.13. The highest BCUT2D eigenvalue weighted by Gasteiger charge is 2.53. The Morgan fingerprint density at radius 2 is 2.00 bits per heavy atom. The van der Waals surface area contributed by atoms with E-state index in [1.807, 2.05) is 38.1 Å². The van der Waals surface area contributed by atoms with Gasteiger partial charge in [0.25, 0.3) is 11.8 Å². The molecule has 1 spiro atoms. The largest absolute Gasteiger partial charge is 0.348 e. The van der Waals surface area contributed by atoms with Gasteiger partial charge in [-0.3, -0.25) is 14.4 Å².